The molecule has 0 aliphatic heterocycles. The molecule has 0 aromatic carbocycles. The van der Waals surface area contributed by atoms with Crippen LogP contribution in [0.25, 0.3) is 6.08 Å². The first-order chi connectivity index (χ1) is 4.43. The lowest BCUT2D eigenvalue weighted by Crippen LogP contribution is -1.73. The summed E-state index contributed by atoms with van der Waals surface area (Å²) in [5.74, 6) is 1.49. The second-order valence-corrected chi connectivity index (χ2v) is 1.82. The van der Waals surface area contributed by atoms with Crippen molar-refractivity contribution in [2.45, 2.75) is 0 Å². The molecule has 0 aliphatic rings. The average molecular weight is 141 g/mol. The Kier molecular flexibility index (Phi) is 2.32. The molecule has 0 atom stereocenters. The lowest BCUT2D eigenvalue weighted by atomic mass is 10.5. The molecule has 0 spiro atoms. The lowest BCUT2D eigenvalue weighted by molar-refractivity contribution is 1.08. The molecule has 0 saturated carbocycles. The summed E-state index contributed by atoms with van der Waals surface area (Å²) in [5.41, 5.74) is 0. The highest BCUT2D eigenvalue weighted by atomic mass is 32.1. The Morgan fingerprint density at radius 1 is 1.78 bits per heavy atom. The van der Waals surface area contributed by atoms with E-state index in [1.54, 1.807) is 0 Å². The second-order valence-electron chi connectivity index (χ2n) is 1.46. The first kappa shape index (κ1) is 6.35. The van der Waals surface area contributed by atoms with Gasteiger partial charge in [-0.15, -0.1) is 0 Å². The fourth-order valence-corrected chi connectivity index (χ4v) is 0.565. The van der Waals surface area contributed by atoms with E-state index in [-0.39, 0.29) is 0 Å². The predicted molar refractivity (Wildman–Crippen MR) is 39.3 cm³/mol. The van der Waals surface area contributed by atoms with Gasteiger partial charge in [0, 0.05) is 5.75 Å². The molecular formula is C5H7N3S. The second kappa shape index (κ2) is 3.29. The minimum absolute atomic E-state index is 0.723. The van der Waals surface area contributed by atoms with Crippen LogP contribution in [0.5, 0.6) is 0 Å². The van der Waals surface area contributed by atoms with Gasteiger partial charge in [-0.2, -0.15) is 17.7 Å². The molecule has 0 saturated heterocycles. The number of nitrogens with zero attached hydrogens (tertiary/aromatic N) is 2. The van der Waals surface area contributed by atoms with Crippen molar-refractivity contribution >= 4 is 18.7 Å². The Morgan fingerprint density at radius 2 is 2.67 bits per heavy atom. The van der Waals surface area contributed by atoms with Crippen molar-refractivity contribution < 1.29 is 0 Å². The minimum Gasteiger partial charge on any atom is -0.260 e. The van der Waals surface area contributed by atoms with Gasteiger partial charge in [0.2, 0.25) is 0 Å². The SMILES string of the molecule is SCC=Cc1ncn[nH]1. The van der Waals surface area contributed by atoms with Crippen molar-refractivity contribution in [1.29, 1.82) is 0 Å². The van der Waals surface area contributed by atoms with Crippen molar-refractivity contribution in [2.24, 2.45) is 0 Å². The summed E-state index contributed by atoms with van der Waals surface area (Å²) in [5, 5.41) is 6.35. The van der Waals surface area contributed by atoms with Crippen LogP contribution in [0, 0.1) is 0 Å². The zero-order valence-corrected chi connectivity index (χ0v) is 5.68. The number of thiol groups is 1. The predicted octanol–water partition coefficient (Wildman–Crippen LogP) is 0.748. The molecule has 9 heavy (non-hydrogen) atoms. The zero-order chi connectivity index (χ0) is 6.53. The maximum atomic E-state index is 3.98. The normalized spacial score (nSPS) is 10.8. The monoisotopic (exact) mass is 141 g/mol. The quantitative estimate of drug-likeness (QED) is 0.597. The first-order valence-corrected chi connectivity index (χ1v) is 3.19. The third-order valence-electron chi connectivity index (χ3n) is 0.815. The van der Waals surface area contributed by atoms with E-state index in [9.17, 15) is 0 Å². The number of aromatic nitrogens is 3. The smallest absolute Gasteiger partial charge is 0.147 e. The summed E-state index contributed by atoms with van der Waals surface area (Å²) in [4.78, 5) is 3.87. The standard InChI is InChI=1S/C5H7N3S/c9-3-1-2-5-6-4-7-8-5/h1-2,4,9H,3H2,(H,6,7,8). The molecule has 1 N–H and O–H groups in total. The van der Waals surface area contributed by atoms with E-state index in [0.717, 1.165) is 11.6 Å². The van der Waals surface area contributed by atoms with Crippen molar-refractivity contribution in [3.63, 3.8) is 0 Å². The molecule has 3 nitrogen and oxygen atoms in total. The van der Waals surface area contributed by atoms with E-state index in [0.29, 0.717) is 0 Å². The fraction of sp³-hybridized carbons (Fsp3) is 0.200. The van der Waals surface area contributed by atoms with Gasteiger partial charge < -0.3 is 0 Å². The molecular weight excluding hydrogens is 134 g/mol. The Balaban J connectivity index is 2.57. The van der Waals surface area contributed by atoms with Crippen LogP contribution in [0.4, 0.5) is 0 Å². The molecule has 0 unspecified atom stereocenters. The van der Waals surface area contributed by atoms with E-state index in [2.05, 4.69) is 27.8 Å². The minimum atomic E-state index is 0.723. The summed E-state index contributed by atoms with van der Waals surface area (Å²) in [6.45, 7) is 0. The van der Waals surface area contributed by atoms with Gasteiger partial charge in [-0.05, 0) is 6.08 Å². The van der Waals surface area contributed by atoms with E-state index in [1.165, 1.54) is 6.33 Å². The van der Waals surface area contributed by atoms with Crippen LogP contribution in [0.15, 0.2) is 12.4 Å². The third-order valence-corrected chi connectivity index (χ3v) is 1.03. The van der Waals surface area contributed by atoms with Crippen molar-refractivity contribution in [1.82, 2.24) is 15.2 Å². The number of aromatic amines is 1. The zero-order valence-electron chi connectivity index (χ0n) is 4.78. The molecule has 1 aromatic heterocycles. The number of H-pyrrole nitrogens is 1. The van der Waals surface area contributed by atoms with Crippen LogP contribution in [0.2, 0.25) is 0 Å². The summed E-state index contributed by atoms with van der Waals surface area (Å²) in [6.07, 6.45) is 5.20. The molecule has 1 aromatic rings. The first-order valence-electron chi connectivity index (χ1n) is 2.56. The number of hydrogen-bond acceptors (Lipinski definition) is 3. The highest BCUT2D eigenvalue weighted by molar-refractivity contribution is 7.80. The molecule has 4 heteroatoms. The van der Waals surface area contributed by atoms with Crippen LogP contribution in [-0.2, 0) is 0 Å². The average Bonchev–Trinajstić information content (AvgIpc) is 2.34. The third kappa shape index (κ3) is 1.89. The Bertz CT molecular complexity index is 180. The molecule has 1 heterocycles. The summed E-state index contributed by atoms with van der Waals surface area (Å²) >= 11 is 3.98. The van der Waals surface area contributed by atoms with Gasteiger partial charge in [-0.1, -0.05) is 6.08 Å². The van der Waals surface area contributed by atoms with Gasteiger partial charge in [0.1, 0.15) is 12.2 Å². The van der Waals surface area contributed by atoms with Crippen LogP contribution >= 0.6 is 12.6 Å². The molecule has 0 radical (unpaired) electrons. The molecule has 0 fully saturated rings. The van der Waals surface area contributed by atoms with Crippen molar-refractivity contribution in [3.8, 4) is 0 Å². The Morgan fingerprint density at radius 3 is 3.22 bits per heavy atom. The van der Waals surface area contributed by atoms with Gasteiger partial charge in [0.15, 0.2) is 0 Å². The number of rotatable bonds is 2. The van der Waals surface area contributed by atoms with Gasteiger partial charge in [-0.25, -0.2) is 4.98 Å². The number of hydrogen-bond donors (Lipinski definition) is 2. The molecule has 0 aliphatic carbocycles. The maximum Gasteiger partial charge on any atom is 0.147 e. The summed E-state index contributed by atoms with van der Waals surface area (Å²) in [6, 6.07) is 0. The van der Waals surface area contributed by atoms with Gasteiger partial charge in [-0.3, -0.25) is 5.10 Å². The topological polar surface area (TPSA) is 41.6 Å². The van der Waals surface area contributed by atoms with E-state index in [1.807, 2.05) is 12.2 Å². The van der Waals surface area contributed by atoms with Crippen LogP contribution < -0.4 is 0 Å². The van der Waals surface area contributed by atoms with Crippen LogP contribution in [0.1, 0.15) is 5.82 Å². The number of nitrogens with one attached hydrogen (secondary N) is 1. The maximum absolute atomic E-state index is 3.98. The highest BCUT2D eigenvalue weighted by Gasteiger charge is 1.82. The largest absolute Gasteiger partial charge is 0.260 e. The Labute approximate surface area is 58.6 Å². The lowest BCUT2D eigenvalue weighted by Gasteiger charge is -1.77. The van der Waals surface area contributed by atoms with E-state index >= 15 is 0 Å². The molecule has 0 bridgehead atoms. The summed E-state index contributed by atoms with van der Waals surface area (Å²) < 4.78 is 0. The van der Waals surface area contributed by atoms with Gasteiger partial charge >= 0.3 is 0 Å². The van der Waals surface area contributed by atoms with Gasteiger partial charge in [0.05, 0.1) is 0 Å². The van der Waals surface area contributed by atoms with Gasteiger partial charge in [0.25, 0.3) is 0 Å². The molecule has 0 amide bonds. The van der Waals surface area contributed by atoms with E-state index in [4.69, 9.17) is 0 Å². The molecule has 48 valence electrons. The van der Waals surface area contributed by atoms with Crippen LogP contribution in [-0.4, -0.2) is 20.9 Å². The Hall–Kier alpha value is -0.770. The van der Waals surface area contributed by atoms with Crippen LogP contribution in [0.3, 0.4) is 0 Å². The highest BCUT2D eigenvalue weighted by Crippen LogP contribution is 1.89. The van der Waals surface area contributed by atoms with Crippen molar-refractivity contribution in [3.05, 3.63) is 18.2 Å². The fourth-order valence-electron chi connectivity index (χ4n) is 0.460. The summed E-state index contributed by atoms with van der Waals surface area (Å²) in [7, 11) is 0. The van der Waals surface area contributed by atoms with E-state index < -0.39 is 0 Å². The molecule has 1 rings (SSSR count). The van der Waals surface area contributed by atoms with Crippen molar-refractivity contribution in [2.75, 3.05) is 5.75 Å².